The predicted octanol–water partition coefficient (Wildman–Crippen LogP) is 16.3. The molecule has 11 rings (SSSR count). The molecule has 59 heavy (non-hydrogen) atoms. The largest absolute Gasteiger partial charge is 0.179 e. The van der Waals surface area contributed by atoms with Crippen LogP contribution in [0.25, 0.3) is 98.0 Å². The van der Waals surface area contributed by atoms with Gasteiger partial charge in [-0.1, -0.05) is 163 Å². The minimum atomic E-state index is -0.233. The quantitative estimate of drug-likeness (QED) is 0.121. The molecular weight excluding hydrogens is 749 g/mol. The monoisotopic (exact) mass is 798 g/mol. The summed E-state index contributed by atoms with van der Waals surface area (Å²) in [7, 11) is 0. The lowest BCUT2D eigenvalue weighted by molar-refractivity contribution is 0.537. The van der Waals surface area contributed by atoms with E-state index in [-0.39, 0.29) is 16.2 Å². The van der Waals surface area contributed by atoms with Crippen LogP contribution < -0.4 is 0 Å². The first-order valence-electron chi connectivity index (χ1n) is 21.3. The first kappa shape index (κ1) is 37.0. The maximum Gasteiger partial charge on any atom is 0.0303 e. The van der Waals surface area contributed by atoms with Crippen molar-refractivity contribution in [2.24, 2.45) is 0 Å². The summed E-state index contributed by atoms with van der Waals surface area (Å²) in [6, 6.07) is 52.2. The normalized spacial score (nSPS) is 14.2. The molecule has 0 aliphatic heterocycles. The van der Waals surface area contributed by atoms with Crippen LogP contribution in [0.15, 0.2) is 133 Å². The highest BCUT2D eigenvalue weighted by atomic mass is 32.1. The van der Waals surface area contributed by atoms with E-state index in [1.165, 1.54) is 120 Å². The van der Waals surface area contributed by atoms with Crippen LogP contribution in [0.1, 0.15) is 76.6 Å². The molecule has 0 N–H and O–H groups in total. The van der Waals surface area contributed by atoms with Gasteiger partial charge in [-0.05, 0) is 162 Å². The molecule has 0 amide bonds. The Morgan fingerprint density at radius 2 is 0.780 bits per heavy atom. The van der Waals surface area contributed by atoms with Crippen LogP contribution >= 0.6 is 25.3 Å². The molecule has 2 heteroatoms. The fourth-order valence-corrected chi connectivity index (χ4v) is 11.4. The topological polar surface area (TPSA) is 0 Å². The Morgan fingerprint density at radius 3 is 1.17 bits per heavy atom. The van der Waals surface area contributed by atoms with Crippen LogP contribution in [-0.4, -0.2) is 11.5 Å². The minimum absolute atomic E-state index is 0.0868. The molecule has 0 saturated carbocycles. The average Bonchev–Trinajstić information content (AvgIpc) is 3.51. The number of fused-ring (bicyclic) bond motifs is 3. The fourth-order valence-electron chi connectivity index (χ4n) is 10.7. The third-order valence-corrected chi connectivity index (χ3v) is 14.8. The van der Waals surface area contributed by atoms with Gasteiger partial charge in [-0.15, -0.1) is 0 Å². The molecule has 0 spiro atoms. The van der Waals surface area contributed by atoms with Crippen molar-refractivity contribution in [3.8, 4) is 33.4 Å². The summed E-state index contributed by atoms with van der Waals surface area (Å²) < 4.78 is 0. The number of benzene rings is 10. The molecule has 0 fully saturated rings. The zero-order valence-corrected chi connectivity index (χ0v) is 36.7. The average molecular weight is 799 g/mol. The van der Waals surface area contributed by atoms with Crippen molar-refractivity contribution >= 4 is 89.9 Å². The summed E-state index contributed by atoms with van der Waals surface area (Å²) in [5, 5.41) is 16.0. The highest BCUT2D eigenvalue weighted by molar-refractivity contribution is 7.80. The van der Waals surface area contributed by atoms with Crippen LogP contribution in [0.4, 0.5) is 0 Å². The van der Waals surface area contributed by atoms with Crippen molar-refractivity contribution in [2.75, 3.05) is 11.5 Å². The lowest BCUT2D eigenvalue weighted by atomic mass is 9.75. The van der Waals surface area contributed by atoms with Gasteiger partial charge in [-0.3, -0.25) is 0 Å². The van der Waals surface area contributed by atoms with Gasteiger partial charge in [0.25, 0.3) is 0 Å². The summed E-state index contributed by atoms with van der Waals surface area (Å²) in [5.74, 6) is 1.58. The summed E-state index contributed by atoms with van der Waals surface area (Å²) in [6.45, 7) is 13.8. The Bertz CT molecular complexity index is 3060. The van der Waals surface area contributed by atoms with Crippen LogP contribution in [0.5, 0.6) is 0 Å². The van der Waals surface area contributed by atoms with Gasteiger partial charge < -0.3 is 0 Å². The Balaban J connectivity index is 1.07. The maximum absolute atomic E-state index is 5.25. The van der Waals surface area contributed by atoms with E-state index in [4.69, 9.17) is 25.3 Å². The van der Waals surface area contributed by atoms with Crippen molar-refractivity contribution in [3.05, 3.63) is 156 Å². The van der Waals surface area contributed by atoms with E-state index in [1.807, 2.05) is 0 Å². The molecule has 0 aromatic heterocycles. The van der Waals surface area contributed by atoms with Gasteiger partial charge in [0.15, 0.2) is 0 Å². The Morgan fingerprint density at radius 1 is 0.407 bits per heavy atom. The highest BCUT2D eigenvalue weighted by Crippen LogP contribution is 2.55. The first-order chi connectivity index (χ1) is 28.4. The molecule has 0 radical (unpaired) electrons. The molecule has 1 aliphatic rings. The second-order valence-corrected chi connectivity index (χ2v) is 20.2. The fraction of sp³-hybridized carbons (Fsp3) is 0.228. The zero-order valence-electron chi connectivity index (χ0n) is 34.9. The molecule has 0 bridgehead atoms. The number of hydrogen-bond donors (Lipinski definition) is 2. The second-order valence-electron chi connectivity index (χ2n) is 19.5. The van der Waals surface area contributed by atoms with Gasteiger partial charge in [0, 0.05) is 11.2 Å². The maximum atomic E-state index is 5.25. The lowest BCUT2D eigenvalue weighted by Crippen LogP contribution is -2.28. The number of thiol groups is 2. The molecule has 0 saturated heterocycles. The van der Waals surface area contributed by atoms with Crippen LogP contribution in [0.2, 0.25) is 0 Å². The van der Waals surface area contributed by atoms with E-state index >= 15 is 0 Å². The van der Waals surface area contributed by atoms with Crippen molar-refractivity contribution in [3.63, 3.8) is 0 Å². The predicted molar refractivity (Wildman–Crippen MR) is 265 cm³/mol. The third kappa shape index (κ3) is 5.45. The highest BCUT2D eigenvalue weighted by Gasteiger charge is 2.42. The summed E-state index contributed by atoms with van der Waals surface area (Å²) in [5.41, 5.74) is 13.3. The van der Waals surface area contributed by atoms with E-state index in [0.29, 0.717) is 0 Å². The van der Waals surface area contributed by atoms with Gasteiger partial charge in [0.05, 0.1) is 0 Å². The zero-order chi connectivity index (χ0) is 40.6. The molecule has 1 aliphatic carbocycles. The van der Waals surface area contributed by atoms with E-state index < -0.39 is 0 Å². The van der Waals surface area contributed by atoms with Crippen molar-refractivity contribution in [2.45, 2.75) is 70.6 Å². The third-order valence-electron chi connectivity index (χ3n) is 13.9. The van der Waals surface area contributed by atoms with Crippen LogP contribution in [0.3, 0.4) is 0 Å². The van der Waals surface area contributed by atoms with Crippen molar-refractivity contribution in [1.82, 2.24) is 0 Å². The van der Waals surface area contributed by atoms with Gasteiger partial charge in [0.2, 0.25) is 0 Å². The van der Waals surface area contributed by atoms with Crippen molar-refractivity contribution < 1.29 is 0 Å². The van der Waals surface area contributed by atoms with E-state index in [2.05, 4.69) is 175 Å². The standard InChI is InChI=1S/C57H50S2/c1-55(2,3)41-26-37-10-8-33-12-18-43(47-22-16-39(28-41)51(37)53(33)47)35-14-20-45-46-21-15-36(31-50(46)57(32-59,24-7-25-58)49(45)30-35)44-19-13-34-9-11-38-27-42(56(4,5)6)29-40-17-23-48(44)54(34)52(38)40/h8-23,26-31,58-59H,7,24-25,32H2,1-6H3. The van der Waals surface area contributed by atoms with E-state index in [1.54, 1.807) is 0 Å². The summed E-state index contributed by atoms with van der Waals surface area (Å²) in [6.07, 6.45) is 2.01. The Kier molecular flexibility index (Phi) is 8.15. The van der Waals surface area contributed by atoms with Gasteiger partial charge in [-0.2, -0.15) is 25.3 Å². The van der Waals surface area contributed by atoms with E-state index in [0.717, 1.165) is 24.3 Å². The van der Waals surface area contributed by atoms with Crippen LogP contribution in [-0.2, 0) is 16.2 Å². The lowest BCUT2D eigenvalue weighted by Gasteiger charge is -2.31. The molecular formula is C57H50S2. The number of hydrogen-bond acceptors (Lipinski definition) is 2. The van der Waals surface area contributed by atoms with E-state index in [9.17, 15) is 0 Å². The summed E-state index contributed by atoms with van der Waals surface area (Å²) >= 11 is 10.0. The molecule has 0 nitrogen and oxygen atoms in total. The smallest absolute Gasteiger partial charge is 0.0303 e. The van der Waals surface area contributed by atoms with Gasteiger partial charge >= 0.3 is 0 Å². The minimum Gasteiger partial charge on any atom is -0.179 e. The SMILES string of the molecule is CC(C)(C)c1cc2ccc3ccc(-c4ccc5c(c4)C(CS)(CCCS)c4cc(-c6ccc7ccc8cc(C(C)(C)C)cc9ccc6c7c89)ccc4-5)c4ccc(c1)c2c34. The summed E-state index contributed by atoms with van der Waals surface area (Å²) in [4.78, 5) is 0. The Hall–Kier alpha value is -5.02. The molecule has 0 unspecified atom stereocenters. The van der Waals surface area contributed by atoms with Crippen LogP contribution in [0, 0.1) is 0 Å². The molecule has 10 aromatic rings. The van der Waals surface area contributed by atoms with Crippen molar-refractivity contribution in [1.29, 1.82) is 0 Å². The number of rotatable bonds is 6. The first-order valence-corrected chi connectivity index (χ1v) is 22.6. The Labute approximate surface area is 359 Å². The molecule has 0 atom stereocenters. The van der Waals surface area contributed by atoms with Gasteiger partial charge in [0.1, 0.15) is 0 Å². The second kappa shape index (κ2) is 13.0. The molecule has 10 aromatic carbocycles. The molecule has 290 valence electrons. The molecule has 0 heterocycles. The van der Waals surface area contributed by atoms with Gasteiger partial charge in [-0.25, -0.2) is 0 Å².